The van der Waals surface area contributed by atoms with Crippen molar-refractivity contribution in [3.63, 3.8) is 0 Å². The first-order valence-electron chi connectivity index (χ1n) is 11.5. The Kier molecular flexibility index (Phi) is 3.56. The van der Waals surface area contributed by atoms with E-state index in [2.05, 4.69) is 0 Å². The number of rotatable bonds is 0. The molecule has 184 valence electrons. The molecule has 36 heavy (non-hydrogen) atoms. The summed E-state index contributed by atoms with van der Waals surface area (Å²) < 4.78 is 11.0. The largest absolute Gasteiger partial charge is 0.507 e. The first-order chi connectivity index (χ1) is 16.9. The van der Waals surface area contributed by atoms with Crippen molar-refractivity contribution < 1.29 is 49.1 Å². The van der Waals surface area contributed by atoms with Crippen LogP contribution in [0.4, 0.5) is 0 Å². The number of fused-ring (bicyclic) bond motifs is 2. The molecular weight excluding hydrogens is 472 g/mol. The van der Waals surface area contributed by atoms with Crippen LogP contribution in [0.2, 0.25) is 0 Å². The maximum Gasteiger partial charge on any atom is 0.342 e. The second kappa shape index (κ2) is 5.96. The van der Waals surface area contributed by atoms with Gasteiger partial charge in [0.05, 0.1) is 28.5 Å². The lowest BCUT2D eigenvalue weighted by Gasteiger charge is -2.57. The fourth-order valence-corrected chi connectivity index (χ4v) is 8.03. The maximum absolute atomic E-state index is 14.0. The lowest BCUT2D eigenvalue weighted by Crippen LogP contribution is -2.69. The number of carbonyl (C=O) groups excluding carboxylic acids is 4. The third kappa shape index (κ3) is 1.82. The highest BCUT2D eigenvalue weighted by Gasteiger charge is 2.85. The number of cyclic esters (lactones) is 2. The van der Waals surface area contributed by atoms with Gasteiger partial charge in [0.1, 0.15) is 35.8 Å². The van der Waals surface area contributed by atoms with E-state index in [4.69, 9.17) is 9.47 Å². The highest BCUT2D eigenvalue weighted by Crippen LogP contribution is 2.72. The van der Waals surface area contributed by atoms with Gasteiger partial charge in [0.15, 0.2) is 11.6 Å². The minimum atomic E-state index is -2.26. The van der Waals surface area contributed by atoms with Gasteiger partial charge in [0, 0.05) is 17.5 Å². The summed E-state index contributed by atoms with van der Waals surface area (Å²) in [7, 11) is 0. The van der Waals surface area contributed by atoms with Crippen molar-refractivity contribution in [3.8, 4) is 11.5 Å². The van der Waals surface area contributed by atoms with Crippen LogP contribution in [-0.2, 0) is 20.3 Å². The minimum Gasteiger partial charge on any atom is -0.507 e. The summed E-state index contributed by atoms with van der Waals surface area (Å²) in [4.78, 5) is 53.3. The van der Waals surface area contributed by atoms with E-state index in [1.807, 2.05) is 0 Å². The van der Waals surface area contributed by atoms with E-state index in [9.17, 15) is 39.6 Å². The second-order valence-electron chi connectivity index (χ2n) is 10.5. The molecule has 0 aromatic heterocycles. The number of aryl methyl sites for hydroxylation is 2. The number of aromatic hydroxyl groups is 2. The summed E-state index contributed by atoms with van der Waals surface area (Å²) >= 11 is 0. The number of aliphatic hydroxyl groups excluding tert-OH is 1. The first-order valence-corrected chi connectivity index (χ1v) is 11.5. The number of Topliss-reactive ketones (excluding diaryl/α,β-unsaturated/α-hetero) is 2. The minimum absolute atomic E-state index is 0.00567. The molecule has 0 radical (unpaired) electrons. The van der Waals surface area contributed by atoms with Gasteiger partial charge in [-0.2, -0.15) is 0 Å². The lowest BCUT2D eigenvalue weighted by molar-refractivity contribution is -0.0989. The van der Waals surface area contributed by atoms with Gasteiger partial charge < -0.3 is 29.9 Å². The number of carbonyl (C=O) groups is 4. The fraction of sp³-hybridized carbons (Fsp3) is 0.385. The molecule has 10 heteroatoms. The standard InChI is InChI=1S/C26H20O10/c1-8-3-11(28)16-18-13(8)12(29)5-26(34)19-20(30)14-9(2)4-10(27)15-17(14)24(21(19)31,6-35-22(15)32)25(18,26)7-36-23(16)33/h3-4,19,21,27-28,31,34H,5-7H2,1-2H3. The van der Waals surface area contributed by atoms with E-state index >= 15 is 0 Å². The molecule has 2 spiro atoms. The summed E-state index contributed by atoms with van der Waals surface area (Å²) in [6.07, 6.45) is -2.23. The summed E-state index contributed by atoms with van der Waals surface area (Å²) in [5.41, 5.74) is -5.77. The van der Waals surface area contributed by atoms with Crippen molar-refractivity contribution in [2.45, 2.75) is 42.8 Å². The van der Waals surface area contributed by atoms with E-state index in [1.165, 1.54) is 12.1 Å². The Morgan fingerprint density at radius 2 is 1.39 bits per heavy atom. The number of esters is 2. The van der Waals surface area contributed by atoms with E-state index in [1.54, 1.807) is 13.8 Å². The quantitative estimate of drug-likeness (QED) is 0.385. The molecule has 2 bridgehead atoms. The summed E-state index contributed by atoms with van der Waals surface area (Å²) in [6, 6.07) is 2.50. The number of phenolic OH excluding ortho intramolecular Hbond substituents is 2. The van der Waals surface area contributed by atoms with Crippen molar-refractivity contribution in [1.29, 1.82) is 0 Å². The monoisotopic (exact) mass is 492 g/mol. The van der Waals surface area contributed by atoms with Gasteiger partial charge >= 0.3 is 11.9 Å². The van der Waals surface area contributed by atoms with Gasteiger partial charge in [0.25, 0.3) is 0 Å². The van der Waals surface area contributed by atoms with E-state index in [0.29, 0.717) is 11.1 Å². The molecule has 5 aliphatic rings. The maximum atomic E-state index is 14.0. The third-order valence-corrected chi connectivity index (χ3v) is 9.21. The molecule has 3 aliphatic carbocycles. The SMILES string of the molecule is Cc1cc(O)c2c3c1C(=O)C1C(O)C3(COC2=O)C23COC(=O)c4c(O)cc(C)c(c42)C(=O)CC13O. The fourth-order valence-electron chi connectivity index (χ4n) is 8.03. The van der Waals surface area contributed by atoms with Crippen LogP contribution in [0.3, 0.4) is 0 Å². The van der Waals surface area contributed by atoms with Gasteiger partial charge in [-0.15, -0.1) is 0 Å². The molecule has 2 aromatic rings. The van der Waals surface area contributed by atoms with Crippen molar-refractivity contribution in [2.75, 3.05) is 13.2 Å². The van der Waals surface area contributed by atoms with Crippen LogP contribution in [0, 0.1) is 19.8 Å². The highest BCUT2D eigenvalue weighted by molar-refractivity contribution is 6.14. The molecule has 1 fully saturated rings. The van der Waals surface area contributed by atoms with Crippen LogP contribution in [0.15, 0.2) is 12.1 Å². The zero-order valence-corrected chi connectivity index (χ0v) is 19.2. The Morgan fingerprint density at radius 1 is 0.833 bits per heavy atom. The molecule has 2 aliphatic heterocycles. The molecule has 2 aromatic carbocycles. The summed E-state index contributed by atoms with van der Waals surface area (Å²) in [6.45, 7) is 2.07. The predicted octanol–water partition coefficient (Wildman–Crippen LogP) is 0.736. The number of hydrogen-bond donors (Lipinski definition) is 4. The topological polar surface area (TPSA) is 168 Å². The average molecular weight is 492 g/mol. The van der Waals surface area contributed by atoms with Gasteiger partial charge in [-0.1, -0.05) is 0 Å². The Bertz CT molecular complexity index is 1520. The van der Waals surface area contributed by atoms with Crippen molar-refractivity contribution in [2.24, 2.45) is 5.92 Å². The molecule has 0 amide bonds. The van der Waals surface area contributed by atoms with Gasteiger partial charge in [-0.3, -0.25) is 9.59 Å². The zero-order valence-electron chi connectivity index (χ0n) is 19.2. The number of benzene rings is 2. The Labute approximate surface area is 203 Å². The molecule has 2 heterocycles. The molecule has 4 N–H and O–H groups in total. The second-order valence-corrected chi connectivity index (χ2v) is 10.5. The van der Waals surface area contributed by atoms with Crippen molar-refractivity contribution >= 4 is 23.5 Å². The molecule has 5 atom stereocenters. The molecule has 5 unspecified atom stereocenters. The van der Waals surface area contributed by atoms with Gasteiger partial charge in [0.2, 0.25) is 0 Å². The van der Waals surface area contributed by atoms with Crippen LogP contribution in [0.25, 0.3) is 0 Å². The summed E-state index contributed by atoms with van der Waals surface area (Å²) in [5.74, 6) is -5.55. The number of ketones is 2. The van der Waals surface area contributed by atoms with Crippen LogP contribution < -0.4 is 0 Å². The molecule has 10 nitrogen and oxygen atoms in total. The zero-order chi connectivity index (χ0) is 25.7. The predicted molar refractivity (Wildman–Crippen MR) is 117 cm³/mol. The Hall–Kier alpha value is -3.76. The van der Waals surface area contributed by atoms with Crippen molar-refractivity contribution in [3.05, 3.63) is 56.6 Å². The van der Waals surface area contributed by atoms with E-state index < -0.39 is 83.1 Å². The Balaban J connectivity index is 1.76. The first kappa shape index (κ1) is 21.5. The lowest BCUT2D eigenvalue weighted by atomic mass is 9.48. The molecule has 0 saturated heterocycles. The van der Waals surface area contributed by atoms with E-state index in [0.717, 1.165) is 0 Å². The molecule has 7 rings (SSSR count). The third-order valence-electron chi connectivity index (χ3n) is 9.21. The Morgan fingerprint density at radius 3 is 2.03 bits per heavy atom. The number of ether oxygens (including phenoxy) is 2. The highest BCUT2D eigenvalue weighted by atomic mass is 16.5. The smallest absolute Gasteiger partial charge is 0.342 e. The van der Waals surface area contributed by atoms with Crippen LogP contribution >= 0.6 is 0 Å². The average Bonchev–Trinajstić information content (AvgIpc) is 2.89. The van der Waals surface area contributed by atoms with Crippen LogP contribution in [0.1, 0.15) is 70.1 Å². The van der Waals surface area contributed by atoms with Crippen LogP contribution in [0.5, 0.6) is 11.5 Å². The molecular formula is C26H20O10. The van der Waals surface area contributed by atoms with Crippen LogP contribution in [-0.4, -0.2) is 68.8 Å². The van der Waals surface area contributed by atoms with Gasteiger partial charge in [-0.25, -0.2) is 9.59 Å². The number of hydrogen-bond acceptors (Lipinski definition) is 10. The number of aliphatic hydroxyl groups is 2. The summed E-state index contributed by atoms with van der Waals surface area (Å²) in [5, 5.41) is 45.9. The van der Waals surface area contributed by atoms with E-state index in [-0.39, 0.29) is 33.4 Å². The number of phenols is 2. The molecule has 1 saturated carbocycles. The van der Waals surface area contributed by atoms with Gasteiger partial charge in [-0.05, 0) is 48.2 Å². The normalized spacial score (nSPS) is 35.0. The van der Waals surface area contributed by atoms with Crippen molar-refractivity contribution in [1.82, 2.24) is 0 Å².